The third kappa shape index (κ3) is 3.50. The van der Waals surface area contributed by atoms with E-state index in [-0.39, 0.29) is 17.6 Å². The minimum atomic E-state index is -0.140. The normalized spacial score (nSPS) is 22.6. The van der Waals surface area contributed by atoms with Crippen molar-refractivity contribution in [1.82, 2.24) is 15.1 Å². The van der Waals surface area contributed by atoms with Crippen molar-refractivity contribution in [3.05, 3.63) is 17.5 Å². The van der Waals surface area contributed by atoms with E-state index < -0.39 is 0 Å². The lowest BCUT2D eigenvalue weighted by Crippen LogP contribution is -2.39. The zero-order chi connectivity index (χ0) is 15.7. The van der Waals surface area contributed by atoms with Gasteiger partial charge in [-0.25, -0.2) is 0 Å². The molecule has 0 radical (unpaired) electrons. The maximum atomic E-state index is 12.3. The summed E-state index contributed by atoms with van der Waals surface area (Å²) in [6.45, 7) is 8.54. The van der Waals surface area contributed by atoms with Gasteiger partial charge in [-0.1, -0.05) is 0 Å². The summed E-state index contributed by atoms with van der Waals surface area (Å²) in [6, 6.07) is 1.94. The second-order valence-corrected chi connectivity index (χ2v) is 7.09. The number of ether oxygens (including phenoxy) is 2. The Balaban J connectivity index is 1.67. The van der Waals surface area contributed by atoms with E-state index in [2.05, 4.69) is 31.2 Å². The highest BCUT2D eigenvalue weighted by Crippen LogP contribution is 2.41. The standard InChI is InChI=1S/C16H25N3O3/c1-16(2,3)19-14(11-4-5-11)8-13(18-19)15(20)17-9-12-10-21-6-7-22-12/h8,11-12H,4-7,9-10H2,1-3H3,(H,17,20)/t12-/m0/s1. The van der Waals surface area contributed by atoms with E-state index in [0.717, 1.165) is 0 Å². The van der Waals surface area contributed by atoms with Gasteiger partial charge < -0.3 is 14.8 Å². The van der Waals surface area contributed by atoms with Crippen molar-refractivity contribution in [3.63, 3.8) is 0 Å². The lowest BCUT2D eigenvalue weighted by atomic mass is 10.1. The predicted octanol–water partition coefficient (Wildman–Crippen LogP) is 1.66. The largest absolute Gasteiger partial charge is 0.376 e. The molecule has 6 heteroatoms. The van der Waals surface area contributed by atoms with Crippen LogP contribution in [0.2, 0.25) is 0 Å². The van der Waals surface area contributed by atoms with Crippen molar-refractivity contribution in [2.45, 2.75) is 51.2 Å². The smallest absolute Gasteiger partial charge is 0.271 e. The van der Waals surface area contributed by atoms with Gasteiger partial charge in [0.25, 0.3) is 5.91 Å². The number of rotatable bonds is 4. The van der Waals surface area contributed by atoms with Crippen LogP contribution in [0.4, 0.5) is 0 Å². The minimum Gasteiger partial charge on any atom is -0.376 e. The van der Waals surface area contributed by atoms with Crippen molar-refractivity contribution >= 4 is 5.91 Å². The van der Waals surface area contributed by atoms with Crippen LogP contribution in [0.15, 0.2) is 6.07 Å². The summed E-state index contributed by atoms with van der Waals surface area (Å²) in [7, 11) is 0. The molecule has 2 aliphatic rings. The van der Waals surface area contributed by atoms with Crippen LogP contribution < -0.4 is 5.32 Å². The van der Waals surface area contributed by atoms with E-state index >= 15 is 0 Å². The molecular weight excluding hydrogens is 282 g/mol. The van der Waals surface area contributed by atoms with E-state index in [9.17, 15) is 4.79 Å². The number of aromatic nitrogens is 2. The highest BCUT2D eigenvalue weighted by atomic mass is 16.6. The fraction of sp³-hybridized carbons (Fsp3) is 0.750. The Bertz CT molecular complexity index is 537. The fourth-order valence-electron chi connectivity index (χ4n) is 2.67. The number of carbonyl (C=O) groups excluding carboxylic acids is 1. The molecule has 0 aromatic carbocycles. The Labute approximate surface area is 131 Å². The van der Waals surface area contributed by atoms with Crippen LogP contribution in [-0.2, 0) is 15.0 Å². The lowest BCUT2D eigenvalue weighted by Gasteiger charge is -2.23. The summed E-state index contributed by atoms with van der Waals surface area (Å²) in [5.74, 6) is 0.419. The monoisotopic (exact) mass is 307 g/mol. The molecule has 1 aliphatic heterocycles. The van der Waals surface area contributed by atoms with Gasteiger partial charge in [0.1, 0.15) is 5.69 Å². The number of hydrogen-bond donors (Lipinski definition) is 1. The summed E-state index contributed by atoms with van der Waals surface area (Å²) in [5.41, 5.74) is 1.56. The van der Waals surface area contributed by atoms with E-state index in [1.807, 2.05) is 10.7 Å². The molecule has 0 spiro atoms. The molecule has 1 aliphatic carbocycles. The SMILES string of the molecule is CC(C)(C)n1nc(C(=O)NC[C@H]2COCCO2)cc1C1CC1. The van der Waals surface area contributed by atoms with Crippen molar-refractivity contribution in [2.24, 2.45) is 0 Å². The maximum absolute atomic E-state index is 12.3. The van der Waals surface area contributed by atoms with Gasteiger partial charge in [-0.3, -0.25) is 9.48 Å². The van der Waals surface area contributed by atoms with Gasteiger partial charge in [-0.05, 0) is 39.7 Å². The first kappa shape index (κ1) is 15.5. The summed E-state index contributed by atoms with van der Waals surface area (Å²) in [4.78, 5) is 12.3. The van der Waals surface area contributed by atoms with E-state index in [1.54, 1.807) is 0 Å². The van der Waals surface area contributed by atoms with Gasteiger partial charge in [-0.15, -0.1) is 0 Å². The van der Waals surface area contributed by atoms with E-state index in [1.165, 1.54) is 18.5 Å². The second-order valence-electron chi connectivity index (χ2n) is 7.09. The fourth-order valence-corrected chi connectivity index (χ4v) is 2.67. The molecule has 1 saturated carbocycles. The molecule has 2 fully saturated rings. The minimum absolute atomic E-state index is 0.0645. The number of hydrogen-bond acceptors (Lipinski definition) is 4. The van der Waals surface area contributed by atoms with E-state index in [0.29, 0.717) is 38.0 Å². The first-order chi connectivity index (χ1) is 10.4. The van der Waals surface area contributed by atoms with Crippen molar-refractivity contribution in [2.75, 3.05) is 26.4 Å². The van der Waals surface area contributed by atoms with Crippen LogP contribution in [0.5, 0.6) is 0 Å². The van der Waals surface area contributed by atoms with Gasteiger partial charge >= 0.3 is 0 Å². The van der Waals surface area contributed by atoms with E-state index in [4.69, 9.17) is 9.47 Å². The third-order valence-corrected chi connectivity index (χ3v) is 3.98. The Kier molecular flexibility index (Phi) is 4.23. The third-order valence-electron chi connectivity index (χ3n) is 3.98. The molecule has 1 saturated heterocycles. The highest BCUT2D eigenvalue weighted by molar-refractivity contribution is 5.92. The van der Waals surface area contributed by atoms with Crippen LogP contribution in [-0.4, -0.2) is 48.2 Å². The molecular formula is C16H25N3O3. The Morgan fingerprint density at radius 3 is 2.77 bits per heavy atom. The Morgan fingerprint density at radius 2 is 2.18 bits per heavy atom. The molecule has 0 unspecified atom stereocenters. The van der Waals surface area contributed by atoms with Gasteiger partial charge in [0.2, 0.25) is 0 Å². The number of carbonyl (C=O) groups is 1. The molecule has 6 nitrogen and oxygen atoms in total. The zero-order valence-corrected chi connectivity index (χ0v) is 13.6. The first-order valence-corrected chi connectivity index (χ1v) is 8.03. The first-order valence-electron chi connectivity index (χ1n) is 8.03. The molecule has 3 rings (SSSR count). The van der Waals surface area contributed by atoms with Gasteiger partial charge in [0, 0.05) is 18.2 Å². The van der Waals surface area contributed by atoms with Gasteiger partial charge in [0.05, 0.1) is 31.5 Å². The number of nitrogens with one attached hydrogen (secondary N) is 1. The van der Waals surface area contributed by atoms with Crippen LogP contribution in [0, 0.1) is 0 Å². The van der Waals surface area contributed by atoms with Crippen molar-refractivity contribution in [1.29, 1.82) is 0 Å². The molecule has 1 atom stereocenters. The molecule has 1 N–H and O–H groups in total. The predicted molar refractivity (Wildman–Crippen MR) is 82.1 cm³/mol. The maximum Gasteiger partial charge on any atom is 0.271 e. The van der Waals surface area contributed by atoms with Gasteiger partial charge in [0.15, 0.2) is 0 Å². The molecule has 22 heavy (non-hydrogen) atoms. The quantitative estimate of drug-likeness (QED) is 0.919. The lowest BCUT2D eigenvalue weighted by molar-refractivity contribution is -0.0855. The second kappa shape index (κ2) is 6.01. The Morgan fingerprint density at radius 1 is 1.41 bits per heavy atom. The van der Waals surface area contributed by atoms with Gasteiger partial charge in [-0.2, -0.15) is 5.10 Å². The van der Waals surface area contributed by atoms with Crippen molar-refractivity contribution < 1.29 is 14.3 Å². The highest BCUT2D eigenvalue weighted by Gasteiger charge is 2.32. The number of amides is 1. The molecule has 0 bridgehead atoms. The Hall–Kier alpha value is -1.40. The summed E-state index contributed by atoms with van der Waals surface area (Å²) in [5, 5.41) is 7.44. The van der Waals surface area contributed by atoms with Crippen LogP contribution in [0.1, 0.15) is 55.7 Å². The molecule has 122 valence electrons. The van der Waals surface area contributed by atoms with Crippen LogP contribution in [0.3, 0.4) is 0 Å². The summed E-state index contributed by atoms with van der Waals surface area (Å²) >= 11 is 0. The zero-order valence-electron chi connectivity index (χ0n) is 13.6. The number of nitrogens with zero attached hydrogens (tertiary/aromatic N) is 2. The molecule has 1 amide bonds. The van der Waals surface area contributed by atoms with Crippen molar-refractivity contribution in [3.8, 4) is 0 Å². The molecule has 2 heterocycles. The summed E-state index contributed by atoms with van der Waals surface area (Å²) < 4.78 is 12.9. The van der Waals surface area contributed by atoms with Crippen LogP contribution >= 0.6 is 0 Å². The molecule has 1 aromatic heterocycles. The summed E-state index contributed by atoms with van der Waals surface area (Å²) in [6.07, 6.45) is 2.32. The van der Waals surface area contributed by atoms with Crippen LogP contribution in [0.25, 0.3) is 0 Å². The average Bonchev–Trinajstić information content (AvgIpc) is 3.23. The topological polar surface area (TPSA) is 65.4 Å². The molecule has 1 aromatic rings. The average molecular weight is 307 g/mol.